The van der Waals surface area contributed by atoms with Crippen molar-refractivity contribution in [1.82, 2.24) is 5.32 Å². The molecule has 0 bridgehead atoms. The summed E-state index contributed by atoms with van der Waals surface area (Å²) in [4.78, 5) is 0. The Hall–Kier alpha value is -0.490. The quantitative estimate of drug-likeness (QED) is 0.590. The molecule has 1 N–H and O–H groups in total. The maximum atomic E-state index is 14.3. The molecule has 0 fully saturated rings. The first-order chi connectivity index (χ1) is 9.93. The summed E-state index contributed by atoms with van der Waals surface area (Å²) in [6, 6.07) is 6.82. The van der Waals surface area contributed by atoms with Gasteiger partial charge in [-0.1, -0.05) is 40.5 Å². The standard InChI is InChI=1S/C15H12Br2ClF2N/c1-2-21-15(9-4-3-8(19)5-11(9)16)10-6-13(18)12(17)7-14(10)20/h3-7,15,21H,2H2,1H3. The lowest BCUT2D eigenvalue weighted by atomic mass is 9.98. The Labute approximate surface area is 144 Å². The number of hydrogen-bond acceptors (Lipinski definition) is 1. The van der Waals surface area contributed by atoms with Crippen LogP contribution in [0.4, 0.5) is 8.78 Å². The Kier molecular flexibility index (Phi) is 5.77. The highest BCUT2D eigenvalue weighted by Gasteiger charge is 2.21. The van der Waals surface area contributed by atoms with Crippen LogP contribution in [0.15, 0.2) is 39.3 Å². The van der Waals surface area contributed by atoms with Crippen LogP contribution in [0.3, 0.4) is 0 Å². The zero-order chi connectivity index (χ0) is 15.6. The van der Waals surface area contributed by atoms with Gasteiger partial charge in [0.1, 0.15) is 11.6 Å². The van der Waals surface area contributed by atoms with Crippen molar-refractivity contribution >= 4 is 43.5 Å². The molecular formula is C15H12Br2ClF2N. The molecule has 1 unspecified atom stereocenters. The third kappa shape index (κ3) is 3.83. The molecular weight excluding hydrogens is 427 g/mol. The average Bonchev–Trinajstić information content (AvgIpc) is 2.41. The maximum Gasteiger partial charge on any atom is 0.129 e. The van der Waals surface area contributed by atoms with Gasteiger partial charge < -0.3 is 5.32 Å². The van der Waals surface area contributed by atoms with Crippen molar-refractivity contribution in [1.29, 1.82) is 0 Å². The van der Waals surface area contributed by atoms with Crippen LogP contribution >= 0.6 is 43.5 Å². The molecule has 2 aromatic rings. The van der Waals surface area contributed by atoms with Crippen LogP contribution in [-0.2, 0) is 0 Å². The lowest BCUT2D eigenvalue weighted by molar-refractivity contribution is 0.556. The number of benzene rings is 2. The second kappa shape index (κ2) is 7.18. The van der Waals surface area contributed by atoms with E-state index in [-0.39, 0.29) is 11.6 Å². The van der Waals surface area contributed by atoms with E-state index in [9.17, 15) is 8.78 Å². The average molecular weight is 440 g/mol. The molecule has 1 atom stereocenters. The molecule has 0 aliphatic rings. The fraction of sp³-hybridized carbons (Fsp3) is 0.200. The highest BCUT2D eigenvalue weighted by molar-refractivity contribution is 9.10. The van der Waals surface area contributed by atoms with Crippen LogP contribution in [0.2, 0.25) is 5.02 Å². The van der Waals surface area contributed by atoms with Gasteiger partial charge in [-0.25, -0.2) is 8.78 Å². The predicted molar refractivity (Wildman–Crippen MR) is 88.7 cm³/mol. The van der Waals surface area contributed by atoms with Gasteiger partial charge in [-0.05, 0) is 52.3 Å². The third-order valence-corrected chi connectivity index (χ3v) is 4.92. The van der Waals surface area contributed by atoms with Gasteiger partial charge in [-0.3, -0.25) is 0 Å². The van der Waals surface area contributed by atoms with Crippen LogP contribution in [0.5, 0.6) is 0 Å². The second-order valence-corrected chi connectivity index (χ2v) is 6.56. The van der Waals surface area contributed by atoms with Gasteiger partial charge in [0.2, 0.25) is 0 Å². The maximum absolute atomic E-state index is 14.3. The van der Waals surface area contributed by atoms with E-state index in [1.807, 2.05) is 6.92 Å². The second-order valence-electron chi connectivity index (χ2n) is 4.44. The van der Waals surface area contributed by atoms with Crippen LogP contribution in [-0.4, -0.2) is 6.54 Å². The highest BCUT2D eigenvalue weighted by Crippen LogP contribution is 2.34. The van der Waals surface area contributed by atoms with Crippen molar-refractivity contribution in [3.63, 3.8) is 0 Å². The normalized spacial score (nSPS) is 12.5. The van der Waals surface area contributed by atoms with E-state index < -0.39 is 6.04 Å². The smallest absolute Gasteiger partial charge is 0.129 e. The van der Waals surface area contributed by atoms with Crippen molar-refractivity contribution < 1.29 is 8.78 Å². The van der Waals surface area contributed by atoms with Crippen LogP contribution in [0, 0.1) is 11.6 Å². The Morgan fingerprint density at radius 2 is 1.81 bits per heavy atom. The lowest BCUT2D eigenvalue weighted by Crippen LogP contribution is -2.23. The zero-order valence-electron chi connectivity index (χ0n) is 11.1. The minimum atomic E-state index is -0.421. The predicted octanol–water partition coefficient (Wildman–Crippen LogP) is 5.84. The first-order valence-corrected chi connectivity index (χ1v) is 8.23. The summed E-state index contributed by atoms with van der Waals surface area (Å²) in [5.41, 5.74) is 1.16. The summed E-state index contributed by atoms with van der Waals surface area (Å²) in [6.45, 7) is 2.55. The van der Waals surface area contributed by atoms with E-state index in [1.165, 1.54) is 18.2 Å². The van der Waals surface area contributed by atoms with E-state index in [2.05, 4.69) is 37.2 Å². The van der Waals surface area contributed by atoms with Crippen molar-refractivity contribution in [3.8, 4) is 0 Å². The third-order valence-electron chi connectivity index (χ3n) is 3.03. The largest absolute Gasteiger partial charge is 0.306 e. The summed E-state index contributed by atoms with van der Waals surface area (Å²) < 4.78 is 28.6. The Bertz CT molecular complexity index is 664. The summed E-state index contributed by atoms with van der Waals surface area (Å²) in [6.07, 6.45) is 0. The molecule has 21 heavy (non-hydrogen) atoms. The minimum absolute atomic E-state index is 0.352. The van der Waals surface area contributed by atoms with Gasteiger partial charge in [0.05, 0.1) is 11.1 Å². The van der Waals surface area contributed by atoms with Crippen molar-refractivity contribution in [2.75, 3.05) is 6.54 Å². The number of halogens is 5. The van der Waals surface area contributed by atoms with Crippen molar-refractivity contribution in [3.05, 3.63) is 67.1 Å². The molecule has 112 valence electrons. The van der Waals surface area contributed by atoms with Gasteiger partial charge in [0.15, 0.2) is 0 Å². The number of hydrogen-bond donors (Lipinski definition) is 1. The highest BCUT2D eigenvalue weighted by atomic mass is 79.9. The van der Waals surface area contributed by atoms with Gasteiger partial charge in [-0.15, -0.1) is 0 Å². The van der Waals surface area contributed by atoms with Crippen LogP contribution in [0.25, 0.3) is 0 Å². The Balaban J connectivity index is 2.55. The minimum Gasteiger partial charge on any atom is -0.306 e. The number of rotatable bonds is 4. The first-order valence-electron chi connectivity index (χ1n) is 6.26. The van der Waals surface area contributed by atoms with Gasteiger partial charge >= 0.3 is 0 Å². The van der Waals surface area contributed by atoms with Gasteiger partial charge in [0.25, 0.3) is 0 Å². The lowest BCUT2D eigenvalue weighted by Gasteiger charge is -2.21. The Morgan fingerprint density at radius 3 is 2.43 bits per heavy atom. The summed E-state index contributed by atoms with van der Waals surface area (Å²) in [7, 11) is 0. The van der Waals surface area contributed by atoms with Crippen LogP contribution < -0.4 is 5.32 Å². The van der Waals surface area contributed by atoms with E-state index in [0.29, 0.717) is 26.1 Å². The zero-order valence-corrected chi connectivity index (χ0v) is 15.0. The monoisotopic (exact) mass is 437 g/mol. The fourth-order valence-electron chi connectivity index (χ4n) is 2.09. The van der Waals surface area contributed by atoms with E-state index in [0.717, 1.165) is 5.56 Å². The molecule has 0 saturated heterocycles. The molecule has 0 aromatic heterocycles. The molecule has 0 heterocycles. The molecule has 0 spiro atoms. The topological polar surface area (TPSA) is 12.0 Å². The summed E-state index contributed by atoms with van der Waals surface area (Å²) in [5, 5.41) is 3.62. The van der Waals surface area contributed by atoms with E-state index >= 15 is 0 Å². The van der Waals surface area contributed by atoms with Crippen molar-refractivity contribution in [2.45, 2.75) is 13.0 Å². The summed E-state index contributed by atoms with van der Waals surface area (Å²) in [5.74, 6) is -0.733. The molecule has 1 nitrogen and oxygen atoms in total. The molecule has 6 heteroatoms. The number of nitrogens with one attached hydrogen (secondary N) is 1. The Morgan fingerprint density at radius 1 is 1.10 bits per heavy atom. The van der Waals surface area contributed by atoms with E-state index in [1.54, 1.807) is 12.1 Å². The molecule has 0 aliphatic heterocycles. The van der Waals surface area contributed by atoms with Crippen molar-refractivity contribution in [2.24, 2.45) is 0 Å². The molecule has 2 rings (SSSR count). The van der Waals surface area contributed by atoms with E-state index in [4.69, 9.17) is 11.6 Å². The first kappa shape index (κ1) is 16.9. The molecule has 0 amide bonds. The van der Waals surface area contributed by atoms with Gasteiger partial charge in [-0.2, -0.15) is 0 Å². The fourth-order valence-corrected chi connectivity index (χ4v) is 3.15. The summed E-state index contributed by atoms with van der Waals surface area (Å²) >= 11 is 12.6. The molecule has 0 aliphatic carbocycles. The molecule has 2 aromatic carbocycles. The van der Waals surface area contributed by atoms with Gasteiger partial charge in [0, 0.05) is 14.5 Å². The SMILES string of the molecule is CCNC(c1cc(Cl)c(Br)cc1F)c1ccc(F)cc1Br. The molecule has 0 saturated carbocycles. The molecule has 0 radical (unpaired) electrons. The van der Waals surface area contributed by atoms with Crippen LogP contribution in [0.1, 0.15) is 24.1 Å².